The highest BCUT2D eigenvalue weighted by atomic mass is 32.2. The zero-order valence-electron chi connectivity index (χ0n) is 19.1. The topological polar surface area (TPSA) is 176 Å². The first-order valence-corrected chi connectivity index (χ1v) is 12.0. The van der Waals surface area contributed by atoms with Gasteiger partial charge in [-0.15, -0.1) is 0 Å². The maximum atomic E-state index is 12.4. The van der Waals surface area contributed by atoms with Crippen LogP contribution in [0.2, 0.25) is 0 Å². The molecule has 196 valence electrons. The molecule has 0 spiro atoms. The third-order valence-corrected chi connectivity index (χ3v) is 5.73. The SMILES string of the molecule is N=C(N)c1cccc(CCC(=O)Nc2ccc(-c3ccccc3)c(S(N)(=O)=O)c2)c1.O=C(O)C(F)(F)F. The van der Waals surface area contributed by atoms with Crippen LogP contribution in [0.1, 0.15) is 17.5 Å². The summed E-state index contributed by atoms with van der Waals surface area (Å²) in [6.45, 7) is 0. The Hall–Kier alpha value is -4.23. The number of carbonyl (C=O) groups excluding carboxylic acids is 1. The van der Waals surface area contributed by atoms with Gasteiger partial charge in [-0.25, -0.2) is 18.4 Å². The molecule has 0 aliphatic rings. The highest BCUT2D eigenvalue weighted by Gasteiger charge is 2.38. The van der Waals surface area contributed by atoms with Gasteiger partial charge in [-0.05, 0) is 35.7 Å². The lowest BCUT2D eigenvalue weighted by Crippen LogP contribution is -2.21. The number of carboxylic acids is 1. The largest absolute Gasteiger partial charge is 0.490 e. The molecule has 0 saturated heterocycles. The average molecular weight is 537 g/mol. The number of rotatable bonds is 7. The predicted octanol–water partition coefficient (Wildman–Crippen LogP) is 3.49. The Bertz CT molecular complexity index is 1390. The molecule has 0 unspecified atom stereocenters. The molecule has 0 atom stereocenters. The van der Waals surface area contributed by atoms with Crippen LogP contribution in [0, 0.1) is 5.41 Å². The van der Waals surface area contributed by atoms with Crippen molar-refractivity contribution in [2.75, 3.05) is 5.32 Å². The summed E-state index contributed by atoms with van der Waals surface area (Å²) in [6.07, 6.45) is -4.44. The van der Waals surface area contributed by atoms with E-state index in [-0.39, 0.29) is 23.1 Å². The van der Waals surface area contributed by atoms with Gasteiger partial charge >= 0.3 is 12.1 Å². The van der Waals surface area contributed by atoms with Crippen LogP contribution in [-0.4, -0.2) is 37.4 Å². The van der Waals surface area contributed by atoms with Gasteiger partial charge in [-0.1, -0.05) is 54.6 Å². The molecule has 0 aliphatic carbocycles. The fraction of sp³-hybridized carbons (Fsp3) is 0.125. The molecule has 7 N–H and O–H groups in total. The minimum absolute atomic E-state index is 0.0321. The van der Waals surface area contributed by atoms with Gasteiger partial charge in [0.05, 0.1) is 4.90 Å². The number of nitrogens with one attached hydrogen (secondary N) is 2. The van der Waals surface area contributed by atoms with Crippen molar-refractivity contribution in [1.29, 1.82) is 5.41 Å². The molecule has 3 rings (SSSR count). The van der Waals surface area contributed by atoms with Gasteiger partial charge in [-0.2, -0.15) is 13.2 Å². The van der Waals surface area contributed by atoms with E-state index >= 15 is 0 Å². The van der Waals surface area contributed by atoms with Crippen molar-refractivity contribution in [3.8, 4) is 11.1 Å². The number of hydrogen-bond donors (Lipinski definition) is 5. The molecule has 13 heteroatoms. The number of anilines is 1. The summed E-state index contributed by atoms with van der Waals surface area (Å²) in [4.78, 5) is 21.2. The van der Waals surface area contributed by atoms with Crippen LogP contribution in [0.4, 0.5) is 18.9 Å². The smallest absolute Gasteiger partial charge is 0.475 e. The molecule has 0 fully saturated rings. The van der Waals surface area contributed by atoms with Crippen LogP contribution in [-0.2, 0) is 26.0 Å². The molecular weight excluding hydrogens is 513 g/mol. The van der Waals surface area contributed by atoms with Crippen LogP contribution >= 0.6 is 0 Å². The van der Waals surface area contributed by atoms with Crippen LogP contribution in [0.5, 0.6) is 0 Å². The fourth-order valence-electron chi connectivity index (χ4n) is 3.07. The number of benzene rings is 3. The van der Waals surface area contributed by atoms with Crippen molar-refractivity contribution in [2.24, 2.45) is 10.9 Å². The van der Waals surface area contributed by atoms with Crippen molar-refractivity contribution >= 4 is 33.4 Å². The van der Waals surface area contributed by atoms with Gasteiger partial charge in [0.25, 0.3) is 0 Å². The first kappa shape index (κ1) is 29.0. The molecule has 0 aliphatic heterocycles. The molecule has 3 aromatic carbocycles. The van der Waals surface area contributed by atoms with Crippen molar-refractivity contribution < 1.29 is 36.3 Å². The Kier molecular flexibility index (Phi) is 9.52. The Morgan fingerprint density at radius 1 is 0.973 bits per heavy atom. The zero-order valence-corrected chi connectivity index (χ0v) is 19.9. The number of nitrogen functional groups attached to an aromatic ring is 1. The third-order valence-electron chi connectivity index (χ3n) is 4.78. The van der Waals surface area contributed by atoms with Crippen molar-refractivity contribution in [3.05, 3.63) is 83.9 Å². The summed E-state index contributed by atoms with van der Waals surface area (Å²) in [5.41, 5.74) is 8.50. The maximum Gasteiger partial charge on any atom is 0.490 e. The zero-order chi connectivity index (χ0) is 27.8. The Balaban J connectivity index is 0.000000604. The van der Waals surface area contributed by atoms with Crippen LogP contribution in [0.3, 0.4) is 0 Å². The number of carbonyl (C=O) groups is 2. The maximum absolute atomic E-state index is 12.4. The highest BCUT2D eigenvalue weighted by molar-refractivity contribution is 7.89. The summed E-state index contributed by atoms with van der Waals surface area (Å²) in [5, 5.41) is 22.7. The number of aryl methyl sites for hydroxylation is 1. The van der Waals surface area contributed by atoms with Crippen molar-refractivity contribution in [1.82, 2.24) is 0 Å². The second kappa shape index (κ2) is 12.1. The molecule has 0 radical (unpaired) electrons. The number of alkyl halides is 3. The number of aliphatic carboxylic acids is 1. The van der Waals surface area contributed by atoms with E-state index in [9.17, 15) is 26.4 Å². The Morgan fingerprint density at radius 3 is 2.14 bits per heavy atom. The quantitative estimate of drug-likeness (QED) is 0.228. The molecule has 37 heavy (non-hydrogen) atoms. The van der Waals surface area contributed by atoms with E-state index in [0.717, 1.165) is 5.56 Å². The van der Waals surface area contributed by atoms with E-state index in [1.807, 2.05) is 12.1 Å². The number of carboxylic acid groups (broad SMARTS) is 1. The van der Waals surface area contributed by atoms with Gasteiger partial charge in [0.15, 0.2) is 0 Å². The lowest BCUT2D eigenvalue weighted by Gasteiger charge is -2.12. The molecule has 0 saturated carbocycles. The number of primary sulfonamides is 1. The summed E-state index contributed by atoms with van der Waals surface area (Å²) in [5.74, 6) is -3.06. The Labute approximate surface area is 210 Å². The lowest BCUT2D eigenvalue weighted by molar-refractivity contribution is -0.192. The molecule has 3 aromatic rings. The van der Waals surface area contributed by atoms with Crippen LogP contribution in [0.15, 0.2) is 77.7 Å². The number of sulfonamides is 1. The van der Waals surface area contributed by atoms with Gasteiger partial charge in [0.1, 0.15) is 5.84 Å². The van der Waals surface area contributed by atoms with Crippen molar-refractivity contribution in [3.63, 3.8) is 0 Å². The second-order valence-electron chi connectivity index (χ2n) is 7.59. The highest BCUT2D eigenvalue weighted by Crippen LogP contribution is 2.29. The molecule has 9 nitrogen and oxygen atoms in total. The third kappa shape index (κ3) is 9.05. The van der Waals surface area contributed by atoms with E-state index in [4.69, 9.17) is 26.2 Å². The summed E-state index contributed by atoms with van der Waals surface area (Å²) in [6, 6.07) is 20.8. The minimum atomic E-state index is -5.08. The van der Waals surface area contributed by atoms with E-state index in [0.29, 0.717) is 28.8 Å². The molecule has 0 aromatic heterocycles. The number of halogens is 3. The number of amides is 1. The monoisotopic (exact) mass is 536 g/mol. The standard InChI is InChI=1S/C22H22N4O3S.C2HF3O2/c23-22(24)17-8-4-5-15(13-17)9-12-21(27)26-18-10-11-19(16-6-2-1-3-7-16)20(14-18)30(25,28)29;3-2(4,5)1(6)7/h1-8,10-11,13-14H,9,12H2,(H3,23,24)(H,26,27)(H2,25,28,29);(H,6,7). The van der Waals surface area contributed by atoms with E-state index in [1.54, 1.807) is 54.6 Å². The predicted molar refractivity (Wildman–Crippen MR) is 131 cm³/mol. The minimum Gasteiger partial charge on any atom is -0.475 e. The number of nitrogens with two attached hydrogens (primary N) is 2. The molecule has 0 bridgehead atoms. The molecular formula is C24H23F3N4O5S. The second-order valence-corrected chi connectivity index (χ2v) is 9.12. The average Bonchev–Trinajstić information content (AvgIpc) is 2.83. The number of hydrogen-bond acceptors (Lipinski definition) is 5. The first-order chi connectivity index (χ1) is 17.2. The summed E-state index contributed by atoms with van der Waals surface area (Å²) >= 11 is 0. The van der Waals surface area contributed by atoms with E-state index < -0.39 is 22.2 Å². The van der Waals surface area contributed by atoms with Gasteiger partial charge in [0.2, 0.25) is 15.9 Å². The van der Waals surface area contributed by atoms with Crippen LogP contribution in [0.25, 0.3) is 11.1 Å². The normalized spacial score (nSPS) is 11.1. The van der Waals surface area contributed by atoms with E-state index in [1.165, 1.54) is 6.07 Å². The van der Waals surface area contributed by atoms with Gasteiger partial charge < -0.3 is 16.2 Å². The molecule has 1 amide bonds. The lowest BCUT2D eigenvalue weighted by atomic mass is 10.0. The fourth-order valence-corrected chi connectivity index (χ4v) is 3.85. The van der Waals surface area contributed by atoms with Crippen molar-refractivity contribution in [2.45, 2.75) is 23.9 Å². The van der Waals surface area contributed by atoms with E-state index in [2.05, 4.69) is 5.32 Å². The number of amidine groups is 1. The Morgan fingerprint density at radius 2 is 1.59 bits per heavy atom. The van der Waals surface area contributed by atoms with Crippen LogP contribution < -0.4 is 16.2 Å². The van der Waals surface area contributed by atoms with Gasteiger partial charge in [-0.3, -0.25) is 10.2 Å². The van der Waals surface area contributed by atoms with Gasteiger partial charge in [0, 0.05) is 23.2 Å². The summed E-state index contributed by atoms with van der Waals surface area (Å²) in [7, 11) is -3.99. The molecule has 0 heterocycles. The summed E-state index contributed by atoms with van der Waals surface area (Å²) < 4.78 is 55.9. The first-order valence-electron chi connectivity index (χ1n) is 10.4.